The third-order valence-electron chi connectivity index (χ3n) is 3.46. The zero-order valence-electron chi connectivity index (χ0n) is 10.5. The number of hydrogen-bond acceptors (Lipinski definition) is 2. The number of piperidine rings is 1. The predicted molar refractivity (Wildman–Crippen MR) is 67.0 cm³/mol. The fraction of sp³-hybridized carbons (Fsp3) is 0.429. The van der Waals surface area contributed by atoms with E-state index in [9.17, 15) is 14.0 Å². The van der Waals surface area contributed by atoms with Crippen LogP contribution in [0.3, 0.4) is 0 Å². The zero-order chi connectivity index (χ0) is 13.8. The Labute approximate surface area is 110 Å². The molecule has 0 saturated carbocycles. The van der Waals surface area contributed by atoms with Crippen molar-refractivity contribution in [2.45, 2.75) is 19.3 Å². The first-order valence-corrected chi connectivity index (χ1v) is 6.32. The molecule has 1 heterocycles. The Morgan fingerprint density at radius 2 is 2.16 bits per heavy atom. The highest BCUT2D eigenvalue weighted by molar-refractivity contribution is 5.80. The number of rotatable bonds is 4. The van der Waals surface area contributed by atoms with Crippen molar-refractivity contribution < 1.29 is 19.1 Å². The van der Waals surface area contributed by atoms with E-state index in [2.05, 4.69) is 0 Å². The second-order valence-corrected chi connectivity index (χ2v) is 4.75. The van der Waals surface area contributed by atoms with Crippen LogP contribution in [0.2, 0.25) is 0 Å². The van der Waals surface area contributed by atoms with Gasteiger partial charge in [-0.2, -0.15) is 0 Å². The molecule has 1 aromatic carbocycles. The molecule has 1 N–H and O–H groups in total. The normalized spacial score (nSPS) is 19.5. The summed E-state index contributed by atoms with van der Waals surface area (Å²) in [5.41, 5.74) is 0.549. The van der Waals surface area contributed by atoms with Gasteiger partial charge in [0.1, 0.15) is 5.82 Å². The van der Waals surface area contributed by atoms with Crippen LogP contribution in [0.25, 0.3) is 0 Å². The lowest BCUT2D eigenvalue weighted by atomic mass is 9.97. The van der Waals surface area contributed by atoms with E-state index in [1.54, 1.807) is 18.2 Å². The lowest BCUT2D eigenvalue weighted by Gasteiger charge is -2.30. The number of benzene rings is 1. The molecule has 0 aliphatic carbocycles. The number of carbonyl (C=O) groups excluding carboxylic acids is 1. The highest BCUT2D eigenvalue weighted by Crippen LogP contribution is 2.18. The van der Waals surface area contributed by atoms with Gasteiger partial charge in [-0.1, -0.05) is 18.2 Å². The second-order valence-electron chi connectivity index (χ2n) is 4.75. The molecular formula is C14H16FNO3. The molecule has 1 saturated heterocycles. The van der Waals surface area contributed by atoms with E-state index < -0.39 is 11.9 Å². The molecular weight excluding hydrogens is 249 g/mol. The average Bonchev–Trinajstić information content (AvgIpc) is 2.39. The van der Waals surface area contributed by atoms with E-state index in [-0.39, 0.29) is 24.7 Å². The first kappa shape index (κ1) is 13.5. The van der Waals surface area contributed by atoms with Gasteiger partial charge in [-0.3, -0.25) is 9.59 Å². The van der Waals surface area contributed by atoms with Gasteiger partial charge in [-0.25, -0.2) is 4.39 Å². The Balaban J connectivity index is 1.96. The molecule has 19 heavy (non-hydrogen) atoms. The van der Waals surface area contributed by atoms with Crippen molar-refractivity contribution in [3.05, 3.63) is 35.6 Å². The van der Waals surface area contributed by atoms with Gasteiger partial charge >= 0.3 is 5.97 Å². The van der Waals surface area contributed by atoms with Crippen LogP contribution in [0.1, 0.15) is 18.4 Å². The summed E-state index contributed by atoms with van der Waals surface area (Å²) in [6, 6.07) is 6.42. The predicted octanol–water partition coefficient (Wildman–Crippen LogP) is 1.69. The standard InChI is InChI=1S/C14H16FNO3/c15-12-4-2-1-3-10(12)7-8-16-9-11(14(18)19)5-6-13(16)17/h1-4,11H,5-9H2,(H,18,19). The van der Waals surface area contributed by atoms with E-state index in [1.165, 1.54) is 11.0 Å². The summed E-state index contributed by atoms with van der Waals surface area (Å²) in [6.07, 6.45) is 1.06. The lowest BCUT2D eigenvalue weighted by molar-refractivity contribution is -0.147. The van der Waals surface area contributed by atoms with E-state index in [1.807, 2.05) is 0 Å². The number of likely N-dealkylation sites (tertiary alicyclic amines) is 1. The minimum Gasteiger partial charge on any atom is -0.481 e. The largest absolute Gasteiger partial charge is 0.481 e. The van der Waals surface area contributed by atoms with Crippen molar-refractivity contribution in [3.8, 4) is 0 Å². The van der Waals surface area contributed by atoms with Crippen molar-refractivity contribution in [1.29, 1.82) is 0 Å². The Morgan fingerprint density at radius 3 is 2.84 bits per heavy atom. The third kappa shape index (κ3) is 3.30. The topological polar surface area (TPSA) is 57.6 Å². The van der Waals surface area contributed by atoms with Gasteiger partial charge in [0.05, 0.1) is 5.92 Å². The van der Waals surface area contributed by atoms with Gasteiger partial charge in [-0.15, -0.1) is 0 Å². The van der Waals surface area contributed by atoms with Crippen molar-refractivity contribution >= 4 is 11.9 Å². The number of halogens is 1. The monoisotopic (exact) mass is 265 g/mol. The zero-order valence-corrected chi connectivity index (χ0v) is 10.5. The summed E-state index contributed by atoms with van der Waals surface area (Å²) >= 11 is 0. The Bertz CT molecular complexity index is 489. The smallest absolute Gasteiger partial charge is 0.308 e. The summed E-state index contributed by atoms with van der Waals surface area (Å²) in [6.45, 7) is 0.589. The summed E-state index contributed by atoms with van der Waals surface area (Å²) in [4.78, 5) is 24.2. The summed E-state index contributed by atoms with van der Waals surface area (Å²) in [5.74, 6) is -1.71. The minimum absolute atomic E-state index is 0.0474. The molecule has 1 atom stereocenters. The van der Waals surface area contributed by atoms with Crippen LogP contribution in [0.15, 0.2) is 24.3 Å². The van der Waals surface area contributed by atoms with E-state index in [4.69, 9.17) is 5.11 Å². The maximum Gasteiger partial charge on any atom is 0.308 e. The van der Waals surface area contributed by atoms with Crippen LogP contribution < -0.4 is 0 Å². The summed E-state index contributed by atoms with van der Waals surface area (Å²) in [7, 11) is 0. The molecule has 2 rings (SSSR count). The number of carboxylic acids is 1. The van der Waals surface area contributed by atoms with Crippen LogP contribution in [-0.4, -0.2) is 35.0 Å². The molecule has 1 aromatic rings. The Morgan fingerprint density at radius 1 is 1.42 bits per heavy atom. The van der Waals surface area contributed by atoms with E-state index in [0.717, 1.165) is 0 Å². The highest BCUT2D eigenvalue weighted by Gasteiger charge is 2.29. The first-order chi connectivity index (χ1) is 9.08. The number of carbonyl (C=O) groups is 2. The quantitative estimate of drug-likeness (QED) is 0.901. The molecule has 1 fully saturated rings. The molecule has 4 nitrogen and oxygen atoms in total. The maximum atomic E-state index is 13.4. The van der Waals surface area contributed by atoms with Gasteiger partial charge in [0.25, 0.3) is 0 Å². The molecule has 5 heteroatoms. The molecule has 0 aromatic heterocycles. The Hall–Kier alpha value is -1.91. The van der Waals surface area contributed by atoms with Gasteiger partial charge in [0, 0.05) is 19.5 Å². The van der Waals surface area contributed by atoms with Crippen LogP contribution in [0.5, 0.6) is 0 Å². The molecule has 102 valence electrons. The van der Waals surface area contributed by atoms with E-state index in [0.29, 0.717) is 24.9 Å². The molecule has 0 spiro atoms. The number of hydrogen-bond donors (Lipinski definition) is 1. The Kier molecular flexibility index (Phi) is 4.14. The lowest BCUT2D eigenvalue weighted by Crippen LogP contribution is -2.43. The number of carboxylic acid groups (broad SMARTS) is 1. The number of amides is 1. The van der Waals surface area contributed by atoms with Crippen LogP contribution in [-0.2, 0) is 16.0 Å². The molecule has 1 aliphatic rings. The van der Waals surface area contributed by atoms with Crippen LogP contribution in [0, 0.1) is 11.7 Å². The number of nitrogens with zero attached hydrogens (tertiary/aromatic N) is 1. The average molecular weight is 265 g/mol. The molecule has 1 amide bonds. The van der Waals surface area contributed by atoms with Gasteiger partial charge in [0.2, 0.25) is 5.91 Å². The van der Waals surface area contributed by atoms with Crippen molar-refractivity contribution in [2.75, 3.05) is 13.1 Å². The minimum atomic E-state index is -0.872. The first-order valence-electron chi connectivity index (χ1n) is 6.32. The summed E-state index contributed by atoms with van der Waals surface area (Å²) < 4.78 is 13.4. The van der Waals surface area contributed by atoms with Gasteiger partial charge < -0.3 is 10.0 Å². The highest BCUT2D eigenvalue weighted by atomic mass is 19.1. The summed E-state index contributed by atoms with van der Waals surface area (Å²) in [5, 5.41) is 8.97. The number of aliphatic carboxylic acids is 1. The fourth-order valence-corrected chi connectivity index (χ4v) is 2.29. The van der Waals surface area contributed by atoms with Crippen molar-refractivity contribution in [3.63, 3.8) is 0 Å². The second kappa shape index (κ2) is 5.82. The molecule has 1 unspecified atom stereocenters. The molecule has 0 bridgehead atoms. The molecule has 0 radical (unpaired) electrons. The SMILES string of the molecule is O=C(O)C1CCC(=O)N(CCc2ccccc2F)C1. The van der Waals surface area contributed by atoms with Crippen LogP contribution >= 0.6 is 0 Å². The van der Waals surface area contributed by atoms with Gasteiger partial charge in [-0.05, 0) is 24.5 Å². The van der Waals surface area contributed by atoms with Crippen molar-refractivity contribution in [2.24, 2.45) is 5.92 Å². The van der Waals surface area contributed by atoms with Gasteiger partial charge in [0.15, 0.2) is 0 Å². The third-order valence-corrected chi connectivity index (χ3v) is 3.46. The molecule has 1 aliphatic heterocycles. The van der Waals surface area contributed by atoms with Crippen LogP contribution in [0.4, 0.5) is 4.39 Å². The maximum absolute atomic E-state index is 13.4. The van der Waals surface area contributed by atoms with E-state index >= 15 is 0 Å². The van der Waals surface area contributed by atoms with Crippen molar-refractivity contribution in [1.82, 2.24) is 4.90 Å². The fourth-order valence-electron chi connectivity index (χ4n) is 2.29.